The number of carbonyl (C=O) groups is 1. The first-order valence-electron chi connectivity index (χ1n) is 7.87. The Morgan fingerprint density at radius 1 is 1.08 bits per heavy atom. The highest BCUT2D eigenvalue weighted by Crippen LogP contribution is 2.23. The highest BCUT2D eigenvalue weighted by atomic mass is 35.5. The van der Waals surface area contributed by atoms with Gasteiger partial charge in [-0.05, 0) is 42.3 Å². The molecule has 0 aliphatic rings. The molecule has 4 heteroatoms. The largest absolute Gasteiger partial charge is 0.342 e. The molecule has 1 aromatic heterocycles. The van der Waals surface area contributed by atoms with Crippen LogP contribution in [0.1, 0.15) is 17.2 Å². The Kier molecular flexibility index (Phi) is 5.02. The molecule has 122 valence electrons. The maximum atomic E-state index is 12.9. The van der Waals surface area contributed by atoms with Crippen molar-refractivity contribution in [2.45, 2.75) is 19.4 Å². The van der Waals surface area contributed by atoms with Crippen molar-refractivity contribution in [3.63, 3.8) is 0 Å². The van der Waals surface area contributed by atoms with Gasteiger partial charge in [0.05, 0.1) is 0 Å². The van der Waals surface area contributed by atoms with Gasteiger partial charge in [-0.25, -0.2) is 0 Å². The second kappa shape index (κ2) is 7.37. The van der Waals surface area contributed by atoms with Crippen molar-refractivity contribution >= 4 is 23.2 Å². The molecule has 0 fully saturated rings. The smallest absolute Gasteiger partial charge is 0.247 e. The number of nitrogens with zero attached hydrogens (tertiary/aromatic N) is 1. The van der Waals surface area contributed by atoms with E-state index in [4.69, 9.17) is 11.6 Å². The van der Waals surface area contributed by atoms with E-state index in [-0.39, 0.29) is 11.9 Å². The molecule has 24 heavy (non-hydrogen) atoms. The molecule has 1 N–H and O–H groups in total. The van der Waals surface area contributed by atoms with Crippen LogP contribution < -0.4 is 5.32 Å². The Balaban J connectivity index is 1.85. The first kappa shape index (κ1) is 16.3. The fraction of sp³-hybridized carbons (Fsp3) is 0.150. The Hall–Kier alpha value is -2.52. The van der Waals surface area contributed by atoms with E-state index in [0.717, 1.165) is 16.8 Å². The van der Waals surface area contributed by atoms with Gasteiger partial charge in [0.2, 0.25) is 5.91 Å². The van der Waals surface area contributed by atoms with Crippen molar-refractivity contribution in [2.24, 2.45) is 0 Å². The molecule has 2 aromatic carbocycles. The third kappa shape index (κ3) is 3.87. The third-order valence-corrected chi connectivity index (χ3v) is 4.25. The fourth-order valence-corrected chi connectivity index (χ4v) is 2.84. The Morgan fingerprint density at radius 2 is 1.79 bits per heavy atom. The number of rotatable bonds is 5. The second-order valence-electron chi connectivity index (χ2n) is 5.78. The number of aromatic nitrogens is 1. The zero-order valence-corrected chi connectivity index (χ0v) is 14.2. The lowest BCUT2D eigenvalue weighted by Gasteiger charge is -2.20. The molecule has 0 saturated carbocycles. The lowest BCUT2D eigenvalue weighted by atomic mass is 10.0. The molecule has 0 spiro atoms. The minimum atomic E-state index is -0.319. The minimum Gasteiger partial charge on any atom is -0.342 e. The van der Waals surface area contributed by atoms with E-state index < -0.39 is 0 Å². The first-order valence-corrected chi connectivity index (χ1v) is 8.24. The van der Waals surface area contributed by atoms with Crippen LogP contribution >= 0.6 is 11.6 Å². The predicted molar refractivity (Wildman–Crippen MR) is 98.4 cm³/mol. The van der Waals surface area contributed by atoms with Crippen molar-refractivity contribution in [2.75, 3.05) is 5.32 Å². The number of carbonyl (C=O) groups excluding carboxylic acids is 1. The maximum absolute atomic E-state index is 12.9. The summed E-state index contributed by atoms with van der Waals surface area (Å²) in [5, 5.41) is 3.62. The van der Waals surface area contributed by atoms with E-state index in [1.807, 2.05) is 78.5 Å². The molecule has 1 amide bonds. The second-order valence-corrected chi connectivity index (χ2v) is 6.22. The summed E-state index contributed by atoms with van der Waals surface area (Å²) in [6, 6.07) is 19.1. The standard InChI is InChI=1S/C20H19ClN2O/c1-15-9-10-17(21)14-18(15)22-20(24)19(23-11-5-6-12-23)13-16-7-3-2-4-8-16/h2-12,14,19H,13H2,1H3,(H,22,24)/t19-/m1/s1. The molecular weight excluding hydrogens is 320 g/mol. The number of nitrogens with one attached hydrogen (secondary N) is 1. The topological polar surface area (TPSA) is 34.0 Å². The number of hydrogen-bond acceptors (Lipinski definition) is 1. The molecule has 0 aliphatic heterocycles. The van der Waals surface area contributed by atoms with Gasteiger partial charge >= 0.3 is 0 Å². The number of aryl methyl sites for hydroxylation is 1. The number of amides is 1. The summed E-state index contributed by atoms with van der Waals surface area (Å²) in [7, 11) is 0. The highest BCUT2D eigenvalue weighted by molar-refractivity contribution is 6.31. The number of benzene rings is 2. The van der Waals surface area contributed by atoms with Crippen LogP contribution in [-0.4, -0.2) is 10.5 Å². The summed E-state index contributed by atoms with van der Waals surface area (Å²) in [5.41, 5.74) is 2.85. The van der Waals surface area contributed by atoms with Gasteiger partial charge in [0.25, 0.3) is 0 Å². The Labute approximate surface area is 146 Å². The molecule has 3 nitrogen and oxygen atoms in total. The van der Waals surface area contributed by atoms with Gasteiger partial charge in [0, 0.05) is 29.5 Å². The summed E-state index contributed by atoms with van der Waals surface area (Å²) < 4.78 is 1.93. The van der Waals surface area contributed by atoms with Gasteiger partial charge in [0.15, 0.2) is 0 Å². The summed E-state index contributed by atoms with van der Waals surface area (Å²) in [5.74, 6) is -0.0552. The molecular formula is C20H19ClN2O. The molecule has 0 saturated heterocycles. The van der Waals surface area contributed by atoms with Crippen LogP contribution in [0.25, 0.3) is 0 Å². The zero-order valence-electron chi connectivity index (χ0n) is 13.4. The number of anilines is 1. The first-order chi connectivity index (χ1) is 11.6. The Morgan fingerprint density at radius 3 is 2.50 bits per heavy atom. The van der Waals surface area contributed by atoms with Crippen molar-refractivity contribution in [3.05, 3.63) is 89.2 Å². The highest BCUT2D eigenvalue weighted by Gasteiger charge is 2.21. The van der Waals surface area contributed by atoms with Crippen molar-refractivity contribution in [1.82, 2.24) is 4.57 Å². The van der Waals surface area contributed by atoms with E-state index in [1.165, 1.54) is 0 Å². The summed E-state index contributed by atoms with van der Waals surface area (Å²) in [4.78, 5) is 12.9. The average molecular weight is 339 g/mol. The summed E-state index contributed by atoms with van der Waals surface area (Å²) >= 11 is 6.05. The van der Waals surface area contributed by atoms with Crippen LogP contribution in [0.2, 0.25) is 5.02 Å². The lowest BCUT2D eigenvalue weighted by molar-refractivity contribution is -0.119. The molecule has 0 bridgehead atoms. The van der Waals surface area contributed by atoms with Crippen LogP contribution in [0.5, 0.6) is 0 Å². The average Bonchev–Trinajstić information content (AvgIpc) is 3.11. The monoisotopic (exact) mass is 338 g/mol. The quantitative estimate of drug-likeness (QED) is 0.707. The fourth-order valence-electron chi connectivity index (χ4n) is 2.67. The lowest BCUT2D eigenvalue weighted by Crippen LogP contribution is -2.27. The van der Waals surface area contributed by atoms with Crippen LogP contribution in [0.3, 0.4) is 0 Å². The molecule has 3 aromatic rings. The Bertz CT molecular complexity index is 813. The van der Waals surface area contributed by atoms with Crippen LogP contribution in [0, 0.1) is 6.92 Å². The number of hydrogen-bond donors (Lipinski definition) is 1. The van der Waals surface area contributed by atoms with Gasteiger partial charge in [-0.15, -0.1) is 0 Å². The molecule has 0 aliphatic carbocycles. The number of halogens is 1. The molecule has 1 atom stereocenters. The predicted octanol–water partition coefficient (Wildman–Crippen LogP) is 4.87. The summed E-state index contributed by atoms with van der Waals surface area (Å²) in [6.45, 7) is 1.95. The maximum Gasteiger partial charge on any atom is 0.247 e. The SMILES string of the molecule is Cc1ccc(Cl)cc1NC(=O)[C@@H](Cc1ccccc1)n1cccc1. The van der Waals surface area contributed by atoms with Crippen LogP contribution in [0.4, 0.5) is 5.69 Å². The molecule has 0 radical (unpaired) electrons. The van der Waals surface area contributed by atoms with Gasteiger partial charge < -0.3 is 9.88 Å². The van der Waals surface area contributed by atoms with E-state index in [0.29, 0.717) is 11.4 Å². The van der Waals surface area contributed by atoms with E-state index in [1.54, 1.807) is 6.07 Å². The van der Waals surface area contributed by atoms with Crippen LogP contribution in [0.15, 0.2) is 73.1 Å². The zero-order chi connectivity index (χ0) is 16.9. The third-order valence-electron chi connectivity index (χ3n) is 4.02. The summed E-state index contributed by atoms with van der Waals surface area (Å²) in [6.07, 6.45) is 4.46. The van der Waals surface area contributed by atoms with Crippen molar-refractivity contribution < 1.29 is 4.79 Å². The van der Waals surface area contributed by atoms with E-state index in [9.17, 15) is 4.79 Å². The van der Waals surface area contributed by atoms with Gasteiger partial charge in [-0.1, -0.05) is 48.0 Å². The minimum absolute atomic E-state index is 0.0552. The normalized spacial score (nSPS) is 11.9. The van der Waals surface area contributed by atoms with Crippen molar-refractivity contribution in [1.29, 1.82) is 0 Å². The van der Waals surface area contributed by atoms with E-state index in [2.05, 4.69) is 5.32 Å². The van der Waals surface area contributed by atoms with Gasteiger partial charge in [0.1, 0.15) is 6.04 Å². The molecule has 3 rings (SSSR count). The van der Waals surface area contributed by atoms with Gasteiger partial charge in [-0.3, -0.25) is 4.79 Å². The van der Waals surface area contributed by atoms with Crippen molar-refractivity contribution in [3.8, 4) is 0 Å². The molecule has 1 heterocycles. The molecule has 0 unspecified atom stereocenters. The van der Waals surface area contributed by atoms with Crippen LogP contribution in [-0.2, 0) is 11.2 Å². The van der Waals surface area contributed by atoms with E-state index >= 15 is 0 Å². The van der Waals surface area contributed by atoms with Gasteiger partial charge in [-0.2, -0.15) is 0 Å².